The number of benzene rings is 1. The average molecular weight is 364 g/mol. The van der Waals surface area contributed by atoms with Gasteiger partial charge in [0, 0.05) is 17.1 Å². The molecule has 2 N–H and O–H groups in total. The molecule has 6 nitrogen and oxygen atoms in total. The molecule has 1 saturated heterocycles. The molecule has 1 aromatic carbocycles. The van der Waals surface area contributed by atoms with Gasteiger partial charge in [0.25, 0.3) is 5.91 Å². The molecular formula is C16H16N2O4S2. The van der Waals surface area contributed by atoms with E-state index in [9.17, 15) is 9.59 Å². The first-order chi connectivity index (χ1) is 11.7. The van der Waals surface area contributed by atoms with Crippen LogP contribution >= 0.6 is 23.5 Å². The Kier molecular flexibility index (Phi) is 5.71. The lowest BCUT2D eigenvalue weighted by molar-refractivity contribution is -0.123. The van der Waals surface area contributed by atoms with E-state index in [1.54, 1.807) is 6.07 Å². The SMILES string of the molecule is O=C(COc1ccccc1C1SCCS1)NNC(=O)c1ccco1. The zero-order valence-electron chi connectivity index (χ0n) is 12.7. The van der Waals surface area contributed by atoms with Crippen molar-refractivity contribution >= 4 is 35.3 Å². The summed E-state index contributed by atoms with van der Waals surface area (Å²) in [6.45, 7) is -0.183. The maximum atomic E-state index is 11.8. The zero-order valence-corrected chi connectivity index (χ0v) is 14.3. The van der Waals surface area contributed by atoms with Crippen molar-refractivity contribution in [2.75, 3.05) is 18.1 Å². The third-order valence-electron chi connectivity index (χ3n) is 3.21. The highest BCUT2D eigenvalue weighted by atomic mass is 32.2. The number of hydrogen-bond donors (Lipinski definition) is 2. The Morgan fingerprint density at radius 1 is 1.12 bits per heavy atom. The second-order valence-corrected chi connectivity index (χ2v) is 7.60. The van der Waals surface area contributed by atoms with E-state index < -0.39 is 11.8 Å². The Hall–Kier alpha value is -2.06. The van der Waals surface area contributed by atoms with Crippen LogP contribution in [0.1, 0.15) is 20.7 Å². The normalized spacial score (nSPS) is 14.3. The third-order valence-corrected chi connectivity index (χ3v) is 6.28. The number of amides is 2. The highest BCUT2D eigenvalue weighted by molar-refractivity contribution is 8.19. The molecule has 1 aliphatic heterocycles. The van der Waals surface area contributed by atoms with Gasteiger partial charge in [0.05, 0.1) is 10.8 Å². The number of thioether (sulfide) groups is 2. The van der Waals surface area contributed by atoms with Crippen molar-refractivity contribution in [1.82, 2.24) is 10.9 Å². The largest absolute Gasteiger partial charge is 0.483 e. The van der Waals surface area contributed by atoms with Crippen LogP contribution in [0.15, 0.2) is 47.1 Å². The second-order valence-electron chi connectivity index (χ2n) is 4.88. The Bertz CT molecular complexity index is 700. The topological polar surface area (TPSA) is 80.6 Å². The van der Waals surface area contributed by atoms with Gasteiger partial charge >= 0.3 is 5.91 Å². The Morgan fingerprint density at radius 3 is 2.67 bits per heavy atom. The molecule has 0 radical (unpaired) electrons. The van der Waals surface area contributed by atoms with Crippen molar-refractivity contribution in [2.24, 2.45) is 0 Å². The molecule has 2 heterocycles. The number of carbonyl (C=O) groups excluding carboxylic acids is 2. The summed E-state index contributed by atoms with van der Waals surface area (Å²) in [5.41, 5.74) is 5.65. The number of para-hydroxylation sites is 1. The predicted octanol–water partition coefficient (Wildman–Crippen LogP) is 2.60. The first-order valence-corrected chi connectivity index (χ1v) is 9.41. The van der Waals surface area contributed by atoms with E-state index in [1.807, 2.05) is 47.8 Å². The molecular weight excluding hydrogens is 348 g/mol. The molecule has 0 aliphatic carbocycles. The Labute approximate surface area is 147 Å². The number of hydrazine groups is 1. The summed E-state index contributed by atoms with van der Waals surface area (Å²) in [6, 6.07) is 10.8. The minimum absolute atomic E-state index is 0.122. The van der Waals surface area contributed by atoms with Crippen LogP contribution in [0.4, 0.5) is 0 Å². The molecule has 1 fully saturated rings. The summed E-state index contributed by atoms with van der Waals surface area (Å²) in [6.07, 6.45) is 1.38. The molecule has 0 unspecified atom stereocenters. The maximum absolute atomic E-state index is 11.8. The van der Waals surface area contributed by atoms with Crippen LogP contribution in [-0.2, 0) is 4.79 Å². The van der Waals surface area contributed by atoms with Gasteiger partial charge in [-0.1, -0.05) is 18.2 Å². The minimum Gasteiger partial charge on any atom is -0.483 e. The smallest absolute Gasteiger partial charge is 0.305 e. The fourth-order valence-corrected chi connectivity index (χ4v) is 5.03. The van der Waals surface area contributed by atoms with E-state index in [0.717, 1.165) is 17.1 Å². The molecule has 2 amide bonds. The summed E-state index contributed by atoms with van der Waals surface area (Å²) in [5, 5.41) is 0. The van der Waals surface area contributed by atoms with Gasteiger partial charge in [0.15, 0.2) is 12.4 Å². The predicted molar refractivity (Wildman–Crippen MR) is 93.9 cm³/mol. The van der Waals surface area contributed by atoms with E-state index in [1.165, 1.54) is 12.3 Å². The van der Waals surface area contributed by atoms with Crippen molar-refractivity contribution in [2.45, 2.75) is 4.58 Å². The summed E-state index contributed by atoms with van der Waals surface area (Å²) in [5.74, 6) is 2.07. The van der Waals surface area contributed by atoms with Crippen molar-refractivity contribution in [3.63, 3.8) is 0 Å². The van der Waals surface area contributed by atoms with Crippen LogP contribution in [0.2, 0.25) is 0 Å². The molecule has 1 aromatic heterocycles. The van der Waals surface area contributed by atoms with Gasteiger partial charge in [-0.05, 0) is 18.2 Å². The van der Waals surface area contributed by atoms with Crippen LogP contribution in [0.3, 0.4) is 0 Å². The highest BCUT2D eigenvalue weighted by Crippen LogP contribution is 2.48. The molecule has 0 atom stereocenters. The number of ether oxygens (including phenoxy) is 1. The first-order valence-electron chi connectivity index (χ1n) is 7.31. The zero-order chi connectivity index (χ0) is 16.8. The standard InChI is InChI=1S/C16H16N2O4S2/c19-14(17-18-15(20)13-6-3-7-21-13)10-22-12-5-2-1-4-11(12)16-23-8-9-24-16/h1-7,16H,8-10H2,(H,17,19)(H,18,20). The molecule has 126 valence electrons. The van der Waals surface area contributed by atoms with Crippen LogP contribution in [0, 0.1) is 0 Å². The van der Waals surface area contributed by atoms with Crippen molar-refractivity contribution in [3.8, 4) is 5.75 Å². The molecule has 0 spiro atoms. The fourth-order valence-electron chi connectivity index (χ4n) is 2.12. The van der Waals surface area contributed by atoms with Crippen LogP contribution in [-0.4, -0.2) is 29.9 Å². The van der Waals surface area contributed by atoms with E-state index in [4.69, 9.17) is 9.15 Å². The molecule has 24 heavy (non-hydrogen) atoms. The van der Waals surface area contributed by atoms with E-state index in [2.05, 4.69) is 10.9 Å². The number of hydrogen-bond acceptors (Lipinski definition) is 6. The van der Waals surface area contributed by atoms with Gasteiger partial charge in [-0.15, -0.1) is 23.5 Å². The fraction of sp³-hybridized carbons (Fsp3) is 0.250. The van der Waals surface area contributed by atoms with Gasteiger partial charge in [-0.3, -0.25) is 20.4 Å². The van der Waals surface area contributed by atoms with Gasteiger partial charge in [-0.2, -0.15) is 0 Å². The second kappa shape index (κ2) is 8.16. The molecule has 0 saturated carbocycles. The lowest BCUT2D eigenvalue weighted by Gasteiger charge is -2.15. The quantitative estimate of drug-likeness (QED) is 0.794. The Balaban J connectivity index is 1.50. The van der Waals surface area contributed by atoms with Gasteiger partial charge in [-0.25, -0.2) is 0 Å². The summed E-state index contributed by atoms with van der Waals surface area (Å²) < 4.78 is 10.9. The summed E-state index contributed by atoms with van der Waals surface area (Å²) >= 11 is 3.74. The number of nitrogens with one attached hydrogen (secondary N) is 2. The molecule has 2 aromatic rings. The van der Waals surface area contributed by atoms with E-state index in [0.29, 0.717) is 10.3 Å². The highest BCUT2D eigenvalue weighted by Gasteiger charge is 2.22. The lowest BCUT2D eigenvalue weighted by Crippen LogP contribution is -2.43. The average Bonchev–Trinajstić information content (AvgIpc) is 3.31. The number of carbonyl (C=O) groups is 2. The van der Waals surface area contributed by atoms with Crippen LogP contribution in [0.5, 0.6) is 5.75 Å². The van der Waals surface area contributed by atoms with E-state index >= 15 is 0 Å². The third kappa shape index (κ3) is 4.27. The molecule has 8 heteroatoms. The van der Waals surface area contributed by atoms with Crippen molar-refractivity contribution < 1.29 is 18.7 Å². The van der Waals surface area contributed by atoms with Crippen molar-refractivity contribution in [3.05, 3.63) is 54.0 Å². The molecule has 3 rings (SSSR count). The van der Waals surface area contributed by atoms with Gasteiger partial charge < -0.3 is 9.15 Å². The van der Waals surface area contributed by atoms with Crippen LogP contribution in [0.25, 0.3) is 0 Å². The summed E-state index contributed by atoms with van der Waals surface area (Å²) in [4.78, 5) is 23.5. The van der Waals surface area contributed by atoms with Gasteiger partial charge in [0.2, 0.25) is 0 Å². The minimum atomic E-state index is -0.521. The van der Waals surface area contributed by atoms with Gasteiger partial charge in [0.1, 0.15) is 5.75 Å². The summed E-state index contributed by atoms with van der Waals surface area (Å²) in [7, 11) is 0. The van der Waals surface area contributed by atoms with E-state index in [-0.39, 0.29) is 12.4 Å². The first kappa shape index (κ1) is 16.8. The van der Waals surface area contributed by atoms with Crippen molar-refractivity contribution in [1.29, 1.82) is 0 Å². The van der Waals surface area contributed by atoms with Crippen LogP contribution < -0.4 is 15.6 Å². The number of furan rings is 1. The molecule has 1 aliphatic rings. The molecule has 0 bridgehead atoms. The monoisotopic (exact) mass is 364 g/mol. The lowest BCUT2D eigenvalue weighted by atomic mass is 10.2. The maximum Gasteiger partial charge on any atom is 0.305 e. The number of rotatable bonds is 5. The Morgan fingerprint density at radius 2 is 1.92 bits per heavy atom.